The van der Waals surface area contributed by atoms with Crippen LogP contribution in [-0.4, -0.2) is 47.0 Å². The van der Waals surface area contributed by atoms with Crippen molar-refractivity contribution in [1.82, 2.24) is 15.5 Å². The number of anilines is 1. The first-order valence-corrected chi connectivity index (χ1v) is 9.24. The van der Waals surface area contributed by atoms with Crippen molar-refractivity contribution in [2.24, 2.45) is 0 Å². The van der Waals surface area contributed by atoms with Gasteiger partial charge in [-0.25, -0.2) is 0 Å². The molecule has 0 aliphatic carbocycles. The van der Waals surface area contributed by atoms with E-state index < -0.39 is 0 Å². The molecule has 1 saturated heterocycles. The van der Waals surface area contributed by atoms with E-state index in [9.17, 15) is 9.90 Å². The Bertz CT molecular complexity index is 981. The van der Waals surface area contributed by atoms with Gasteiger partial charge in [0, 0.05) is 28.4 Å². The summed E-state index contributed by atoms with van der Waals surface area (Å²) in [4.78, 5) is 12.3. The standard InChI is InChI=1S/C20H19ClN4O3/c21-13-3-6-18(26)15(9-13)19-16(10-23-25-19)12-1-4-14(5-2-12)24-20(27)17-11-28-8-7-22-17/h1-6,9-10,17,22,26H,7-8,11H2,(H,23,25)(H,24,27)/t17-/m0/s1. The molecule has 1 amide bonds. The van der Waals surface area contributed by atoms with E-state index in [2.05, 4.69) is 20.8 Å². The zero-order chi connectivity index (χ0) is 19.5. The minimum absolute atomic E-state index is 0.112. The molecule has 0 radical (unpaired) electrons. The van der Waals surface area contributed by atoms with Crippen LogP contribution in [0.2, 0.25) is 5.02 Å². The number of ether oxygens (including phenoxy) is 1. The molecule has 4 rings (SSSR count). The summed E-state index contributed by atoms with van der Waals surface area (Å²) in [5.74, 6) is -0.0127. The zero-order valence-corrected chi connectivity index (χ0v) is 15.7. The molecule has 8 heteroatoms. The zero-order valence-electron chi connectivity index (χ0n) is 14.9. The molecule has 7 nitrogen and oxygen atoms in total. The van der Waals surface area contributed by atoms with Gasteiger partial charge in [-0.1, -0.05) is 23.7 Å². The van der Waals surface area contributed by atoms with E-state index in [-0.39, 0.29) is 17.7 Å². The second kappa shape index (κ2) is 8.02. The molecule has 28 heavy (non-hydrogen) atoms. The second-order valence-corrected chi connectivity index (χ2v) is 6.90. The summed E-state index contributed by atoms with van der Waals surface area (Å²) in [6.45, 7) is 1.65. The predicted octanol–water partition coefficient (Wildman–Crippen LogP) is 3.03. The molecule has 1 fully saturated rings. The maximum atomic E-state index is 12.3. The molecule has 3 aromatic rings. The fourth-order valence-corrected chi connectivity index (χ4v) is 3.29. The highest BCUT2D eigenvalue weighted by atomic mass is 35.5. The van der Waals surface area contributed by atoms with Gasteiger partial charge in [-0.15, -0.1) is 0 Å². The number of carbonyl (C=O) groups excluding carboxylic acids is 1. The highest BCUT2D eigenvalue weighted by Gasteiger charge is 2.21. The highest BCUT2D eigenvalue weighted by Crippen LogP contribution is 2.36. The number of phenolic OH excluding ortho intramolecular Hbond substituents is 1. The number of hydrogen-bond donors (Lipinski definition) is 4. The number of nitrogens with zero attached hydrogens (tertiary/aromatic N) is 1. The molecule has 1 atom stereocenters. The lowest BCUT2D eigenvalue weighted by Gasteiger charge is -2.22. The number of aromatic nitrogens is 2. The molecule has 4 N–H and O–H groups in total. The average Bonchev–Trinajstić information content (AvgIpc) is 3.20. The Labute approximate surface area is 166 Å². The molecule has 0 spiro atoms. The number of morpholine rings is 1. The summed E-state index contributed by atoms with van der Waals surface area (Å²) < 4.78 is 5.32. The van der Waals surface area contributed by atoms with Gasteiger partial charge in [-0.3, -0.25) is 9.89 Å². The number of benzene rings is 2. The number of aromatic amines is 1. The summed E-state index contributed by atoms with van der Waals surface area (Å²) >= 11 is 6.07. The number of H-pyrrole nitrogens is 1. The third kappa shape index (κ3) is 3.87. The van der Waals surface area contributed by atoms with Crippen LogP contribution in [0.15, 0.2) is 48.7 Å². The summed E-state index contributed by atoms with van der Waals surface area (Å²) in [6, 6.07) is 11.9. The smallest absolute Gasteiger partial charge is 0.243 e. The fourth-order valence-electron chi connectivity index (χ4n) is 3.12. The van der Waals surface area contributed by atoms with Gasteiger partial charge in [-0.05, 0) is 35.9 Å². The van der Waals surface area contributed by atoms with Gasteiger partial charge in [0.1, 0.15) is 11.8 Å². The van der Waals surface area contributed by atoms with E-state index >= 15 is 0 Å². The van der Waals surface area contributed by atoms with Crippen LogP contribution in [0, 0.1) is 0 Å². The lowest BCUT2D eigenvalue weighted by atomic mass is 10.0. The Hall–Kier alpha value is -2.87. The number of carbonyl (C=O) groups is 1. The molecule has 0 saturated carbocycles. The van der Waals surface area contributed by atoms with Crippen LogP contribution in [0.1, 0.15) is 0 Å². The van der Waals surface area contributed by atoms with E-state index in [1.165, 1.54) is 0 Å². The molecular formula is C20H19ClN4O3. The van der Waals surface area contributed by atoms with Crippen LogP contribution in [-0.2, 0) is 9.53 Å². The van der Waals surface area contributed by atoms with Gasteiger partial charge in [0.25, 0.3) is 0 Å². The van der Waals surface area contributed by atoms with Crippen molar-refractivity contribution in [3.63, 3.8) is 0 Å². The SMILES string of the molecule is O=C(Nc1ccc(-c2cn[nH]c2-c2cc(Cl)ccc2O)cc1)[C@@H]1COCCN1. The summed E-state index contributed by atoms with van der Waals surface area (Å²) in [6.07, 6.45) is 1.69. The first-order valence-electron chi connectivity index (χ1n) is 8.86. The van der Waals surface area contributed by atoms with Crippen LogP contribution < -0.4 is 10.6 Å². The molecule has 0 unspecified atom stereocenters. The normalized spacial score (nSPS) is 16.7. The molecular weight excluding hydrogens is 380 g/mol. The molecule has 1 aliphatic heterocycles. The first kappa shape index (κ1) is 18.5. The van der Waals surface area contributed by atoms with E-state index in [4.69, 9.17) is 16.3 Å². The minimum Gasteiger partial charge on any atom is -0.507 e. The van der Waals surface area contributed by atoms with E-state index in [1.807, 2.05) is 24.3 Å². The molecule has 144 valence electrons. The molecule has 2 aromatic carbocycles. The van der Waals surface area contributed by atoms with Gasteiger partial charge in [-0.2, -0.15) is 5.10 Å². The van der Waals surface area contributed by atoms with Crippen LogP contribution in [0.3, 0.4) is 0 Å². The number of rotatable bonds is 4. The Morgan fingerprint density at radius 2 is 2.04 bits per heavy atom. The Morgan fingerprint density at radius 1 is 1.21 bits per heavy atom. The maximum Gasteiger partial charge on any atom is 0.243 e. The second-order valence-electron chi connectivity index (χ2n) is 6.47. The molecule has 1 aliphatic rings. The predicted molar refractivity (Wildman–Crippen MR) is 107 cm³/mol. The number of nitrogens with one attached hydrogen (secondary N) is 3. The fraction of sp³-hybridized carbons (Fsp3) is 0.200. The van der Waals surface area contributed by atoms with Crippen molar-refractivity contribution in [3.8, 4) is 28.1 Å². The first-order chi connectivity index (χ1) is 13.6. The molecule has 1 aromatic heterocycles. The van der Waals surface area contributed by atoms with Crippen LogP contribution in [0.4, 0.5) is 5.69 Å². The number of aromatic hydroxyl groups is 1. The Balaban J connectivity index is 1.54. The Morgan fingerprint density at radius 3 is 2.79 bits per heavy atom. The van der Waals surface area contributed by atoms with Crippen molar-refractivity contribution >= 4 is 23.2 Å². The number of hydrogen-bond acceptors (Lipinski definition) is 5. The third-order valence-corrected chi connectivity index (χ3v) is 4.80. The lowest BCUT2D eigenvalue weighted by molar-refractivity contribution is -0.120. The Kier molecular flexibility index (Phi) is 5.29. The largest absolute Gasteiger partial charge is 0.507 e. The van der Waals surface area contributed by atoms with Crippen LogP contribution in [0.25, 0.3) is 22.4 Å². The molecule has 0 bridgehead atoms. The summed E-state index contributed by atoms with van der Waals surface area (Å²) in [5.41, 5.74) is 3.64. The quantitative estimate of drug-likeness (QED) is 0.541. The van der Waals surface area contributed by atoms with E-state index in [0.29, 0.717) is 41.7 Å². The van der Waals surface area contributed by atoms with Gasteiger partial charge in [0.2, 0.25) is 5.91 Å². The van der Waals surface area contributed by atoms with Crippen LogP contribution >= 0.6 is 11.6 Å². The maximum absolute atomic E-state index is 12.3. The van der Waals surface area contributed by atoms with Gasteiger partial charge in [0.05, 0.1) is 25.1 Å². The summed E-state index contributed by atoms with van der Waals surface area (Å²) in [5, 5.41) is 23.7. The number of phenols is 1. The minimum atomic E-state index is -0.347. The highest BCUT2D eigenvalue weighted by molar-refractivity contribution is 6.31. The summed E-state index contributed by atoms with van der Waals surface area (Å²) in [7, 11) is 0. The van der Waals surface area contributed by atoms with Crippen molar-refractivity contribution in [2.45, 2.75) is 6.04 Å². The van der Waals surface area contributed by atoms with E-state index in [0.717, 1.165) is 11.1 Å². The van der Waals surface area contributed by atoms with Gasteiger partial charge < -0.3 is 20.5 Å². The third-order valence-electron chi connectivity index (χ3n) is 4.57. The van der Waals surface area contributed by atoms with Gasteiger partial charge >= 0.3 is 0 Å². The van der Waals surface area contributed by atoms with Gasteiger partial charge in [0.15, 0.2) is 0 Å². The lowest BCUT2D eigenvalue weighted by Crippen LogP contribution is -2.48. The van der Waals surface area contributed by atoms with Crippen LogP contribution in [0.5, 0.6) is 5.75 Å². The number of halogens is 1. The van der Waals surface area contributed by atoms with E-state index in [1.54, 1.807) is 24.4 Å². The molecule has 2 heterocycles. The van der Waals surface area contributed by atoms with Crippen molar-refractivity contribution in [2.75, 3.05) is 25.1 Å². The topological polar surface area (TPSA) is 99.3 Å². The average molecular weight is 399 g/mol. The number of amides is 1. The van der Waals surface area contributed by atoms with Crippen molar-refractivity contribution in [3.05, 3.63) is 53.7 Å². The monoisotopic (exact) mass is 398 g/mol. The van der Waals surface area contributed by atoms with Crippen molar-refractivity contribution < 1.29 is 14.6 Å². The van der Waals surface area contributed by atoms with Crippen molar-refractivity contribution in [1.29, 1.82) is 0 Å².